The van der Waals surface area contributed by atoms with Crippen molar-refractivity contribution in [3.05, 3.63) is 17.8 Å². The molecular formula is C16H24N4O. The SMILES string of the molecule is CC1CCCCC1NC(=O)c1ccc(N2CCCC2)nn1. The predicted octanol–water partition coefficient (Wildman–Crippen LogP) is 2.39. The van der Waals surface area contributed by atoms with Gasteiger partial charge in [-0.1, -0.05) is 19.8 Å². The highest BCUT2D eigenvalue weighted by Crippen LogP contribution is 2.24. The van der Waals surface area contributed by atoms with Crippen LogP contribution in [0.15, 0.2) is 12.1 Å². The van der Waals surface area contributed by atoms with E-state index in [1.807, 2.05) is 6.07 Å². The number of hydrogen-bond donors (Lipinski definition) is 1. The first-order valence-corrected chi connectivity index (χ1v) is 8.13. The highest BCUT2D eigenvalue weighted by atomic mass is 16.2. The fourth-order valence-electron chi connectivity index (χ4n) is 3.33. The molecule has 1 aliphatic carbocycles. The van der Waals surface area contributed by atoms with Gasteiger partial charge in [0.05, 0.1) is 0 Å². The van der Waals surface area contributed by atoms with Crippen molar-refractivity contribution in [2.45, 2.75) is 51.5 Å². The molecule has 1 saturated heterocycles. The van der Waals surface area contributed by atoms with E-state index in [-0.39, 0.29) is 11.9 Å². The van der Waals surface area contributed by atoms with Crippen molar-refractivity contribution in [1.82, 2.24) is 15.5 Å². The van der Waals surface area contributed by atoms with Gasteiger partial charge < -0.3 is 10.2 Å². The molecule has 2 unspecified atom stereocenters. The van der Waals surface area contributed by atoms with Crippen LogP contribution in [0.2, 0.25) is 0 Å². The summed E-state index contributed by atoms with van der Waals surface area (Å²) in [6.45, 7) is 4.30. The molecule has 1 amide bonds. The fraction of sp³-hybridized carbons (Fsp3) is 0.688. The van der Waals surface area contributed by atoms with E-state index in [2.05, 4.69) is 27.3 Å². The first-order chi connectivity index (χ1) is 10.2. The van der Waals surface area contributed by atoms with Crippen molar-refractivity contribution < 1.29 is 4.79 Å². The van der Waals surface area contributed by atoms with Gasteiger partial charge in [0.15, 0.2) is 11.5 Å². The van der Waals surface area contributed by atoms with Gasteiger partial charge in [-0.25, -0.2) is 0 Å². The second-order valence-corrected chi connectivity index (χ2v) is 6.31. The van der Waals surface area contributed by atoms with E-state index in [1.54, 1.807) is 6.07 Å². The number of nitrogens with zero attached hydrogens (tertiary/aromatic N) is 3. The van der Waals surface area contributed by atoms with E-state index in [4.69, 9.17) is 0 Å². The third kappa shape index (κ3) is 3.34. The van der Waals surface area contributed by atoms with Gasteiger partial charge in [0.2, 0.25) is 0 Å². The third-order valence-electron chi connectivity index (χ3n) is 4.74. The summed E-state index contributed by atoms with van der Waals surface area (Å²) in [5.74, 6) is 1.35. The number of anilines is 1. The average molecular weight is 288 g/mol. The lowest BCUT2D eigenvalue weighted by Crippen LogP contribution is -2.41. The van der Waals surface area contributed by atoms with E-state index in [0.29, 0.717) is 11.6 Å². The summed E-state index contributed by atoms with van der Waals surface area (Å²) in [7, 11) is 0. The number of amides is 1. The highest BCUT2D eigenvalue weighted by molar-refractivity contribution is 5.92. The predicted molar refractivity (Wildman–Crippen MR) is 82.4 cm³/mol. The lowest BCUT2D eigenvalue weighted by molar-refractivity contribution is 0.0904. The van der Waals surface area contributed by atoms with E-state index < -0.39 is 0 Å². The Kier molecular flexibility index (Phi) is 4.36. The molecule has 2 heterocycles. The lowest BCUT2D eigenvalue weighted by atomic mass is 9.86. The van der Waals surface area contributed by atoms with Crippen molar-refractivity contribution in [3.8, 4) is 0 Å². The van der Waals surface area contributed by atoms with Crippen molar-refractivity contribution in [2.75, 3.05) is 18.0 Å². The summed E-state index contributed by atoms with van der Waals surface area (Å²) in [4.78, 5) is 14.5. The van der Waals surface area contributed by atoms with Crippen LogP contribution >= 0.6 is 0 Å². The summed E-state index contributed by atoms with van der Waals surface area (Å²) in [5.41, 5.74) is 0.427. The van der Waals surface area contributed by atoms with Gasteiger partial charge in [0, 0.05) is 19.1 Å². The molecule has 1 aromatic rings. The Morgan fingerprint density at radius 2 is 1.90 bits per heavy atom. The topological polar surface area (TPSA) is 58.1 Å². The zero-order valence-electron chi connectivity index (χ0n) is 12.7. The van der Waals surface area contributed by atoms with Crippen molar-refractivity contribution >= 4 is 11.7 Å². The van der Waals surface area contributed by atoms with Gasteiger partial charge in [-0.3, -0.25) is 4.79 Å². The van der Waals surface area contributed by atoms with Gasteiger partial charge in [-0.15, -0.1) is 10.2 Å². The summed E-state index contributed by atoms with van der Waals surface area (Å²) >= 11 is 0. The second-order valence-electron chi connectivity index (χ2n) is 6.31. The van der Waals surface area contributed by atoms with E-state index >= 15 is 0 Å². The quantitative estimate of drug-likeness (QED) is 0.928. The maximum Gasteiger partial charge on any atom is 0.272 e. The zero-order chi connectivity index (χ0) is 14.7. The van der Waals surface area contributed by atoms with Crippen LogP contribution < -0.4 is 10.2 Å². The van der Waals surface area contributed by atoms with Crippen LogP contribution in [0.3, 0.4) is 0 Å². The average Bonchev–Trinajstić information content (AvgIpc) is 3.04. The maximum atomic E-state index is 12.3. The molecule has 0 bridgehead atoms. The zero-order valence-corrected chi connectivity index (χ0v) is 12.7. The number of carbonyl (C=O) groups excluding carboxylic acids is 1. The van der Waals surface area contributed by atoms with Gasteiger partial charge in [0.25, 0.3) is 5.91 Å². The number of rotatable bonds is 3. The summed E-state index contributed by atoms with van der Waals surface area (Å²) in [6.07, 6.45) is 7.18. The first-order valence-electron chi connectivity index (χ1n) is 8.13. The van der Waals surface area contributed by atoms with Gasteiger partial charge in [0.1, 0.15) is 0 Å². The maximum absolute atomic E-state index is 12.3. The van der Waals surface area contributed by atoms with Crippen molar-refractivity contribution in [1.29, 1.82) is 0 Å². The van der Waals surface area contributed by atoms with E-state index in [0.717, 1.165) is 25.3 Å². The monoisotopic (exact) mass is 288 g/mol. The molecule has 1 aromatic heterocycles. The molecule has 2 aliphatic rings. The molecule has 1 aliphatic heterocycles. The molecule has 3 rings (SSSR count). The summed E-state index contributed by atoms with van der Waals surface area (Å²) < 4.78 is 0. The second kappa shape index (κ2) is 6.41. The molecule has 2 atom stereocenters. The highest BCUT2D eigenvalue weighted by Gasteiger charge is 2.24. The van der Waals surface area contributed by atoms with Gasteiger partial charge >= 0.3 is 0 Å². The fourth-order valence-corrected chi connectivity index (χ4v) is 3.33. The van der Waals surface area contributed by atoms with Crippen LogP contribution in [0.5, 0.6) is 0 Å². The lowest BCUT2D eigenvalue weighted by Gasteiger charge is -2.29. The van der Waals surface area contributed by atoms with Crippen LogP contribution in [-0.4, -0.2) is 35.2 Å². The summed E-state index contributed by atoms with van der Waals surface area (Å²) in [6, 6.07) is 3.99. The molecule has 5 nitrogen and oxygen atoms in total. The molecule has 114 valence electrons. The van der Waals surface area contributed by atoms with E-state index in [1.165, 1.54) is 32.1 Å². The summed E-state index contributed by atoms with van der Waals surface area (Å²) in [5, 5.41) is 11.4. The van der Waals surface area contributed by atoms with E-state index in [9.17, 15) is 4.79 Å². The molecule has 0 radical (unpaired) electrons. The standard InChI is InChI=1S/C16H24N4O/c1-12-6-2-3-7-13(12)17-16(21)14-8-9-15(19-18-14)20-10-4-5-11-20/h8-9,12-13H,2-7,10-11H2,1H3,(H,17,21). The number of carbonyl (C=O) groups is 1. The number of aromatic nitrogens is 2. The molecule has 2 fully saturated rings. The Morgan fingerprint density at radius 3 is 2.57 bits per heavy atom. The Hall–Kier alpha value is -1.65. The Labute approximate surface area is 126 Å². The van der Waals surface area contributed by atoms with Crippen LogP contribution in [0.4, 0.5) is 5.82 Å². The molecule has 5 heteroatoms. The van der Waals surface area contributed by atoms with Crippen molar-refractivity contribution in [3.63, 3.8) is 0 Å². The van der Waals surface area contributed by atoms with Crippen LogP contribution in [0.1, 0.15) is 55.9 Å². The largest absolute Gasteiger partial charge is 0.355 e. The normalized spacial score (nSPS) is 25.9. The van der Waals surface area contributed by atoms with Crippen LogP contribution in [0.25, 0.3) is 0 Å². The molecule has 1 saturated carbocycles. The Bertz CT molecular complexity index is 482. The van der Waals surface area contributed by atoms with Gasteiger partial charge in [-0.05, 0) is 43.7 Å². The minimum Gasteiger partial charge on any atom is -0.355 e. The minimum atomic E-state index is -0.0887. The first kappa shape index (κ1) is 14.3. The molecule has 0 aromatic carbocycles. The Balaban J connectivity index is 1.61. The molecule has 0 spiro atoms. The van der Waals surface area contributed by atoms with Crippen molar-refractivity contribution in [2.24, 2.45) is 5.92 Å². The molecule has 21 heavy (non-hydrogen) atoms. The Morgan fingerprint density at radius 1 is 1.14 bits per heavy atom. The number of nitrogens with one attached hydrogen (secondary N) is 1. The van der Waals surface area contributed by atoms with Gasteiger partial charge in [-0.2, -0.15) is 0 Å². The van der Waals surface area contributed by atoms with Crippen LogP contribution in [0, 0.1) is 5.92 Å². The molecular weight excluding hydrogens is 264 g/mol. The smallest absolute Gasteiger partial charge is 0.272 e. The van der Waals surface area contributed by atoms with Crippen LogP contribution in [-0.2, 0) is 0 Å². The molecule has 1 N–H and O–H groups in total. The third-order valence-corrected chi connectivity index (χ3v) is 4.74. The number of hydrogen-bond acceptors (Lipinski definition) is 4. The minimum absolute atomic E-state index is 0.0887.